The van der Waals surface area contributed by atoms with E-state index < -0.39 is 5.97 Å². The van der Waals surface area contributed by atoms with E-state index in [1.54, 1.807) is 42.6 Å². The van der Waals surface area contributed by atoms with Gasteiger partial charge in [0.25, 0.3) is 0 Å². The van der Waals surface area contributed by atoms with E-state index >= 15 is 0 Å². The smallest absolute Gasteiger partial charge is 0.347 e. The average molecular weight is 493 g/mol. The van der Waals surface area contributed by atoms with Gasteiger partial charge in [0, 0.05) is 23.5 Å². The molecule has 0 amide bonds. The van der Waals surface area contributed by atoms with Gasteiger partial charge in [-0.25, -0.2) is 4.79 Å². The van der Waals surface area contributed by atoms with E-state index in [1.807, 2.05) is 30.3 Å². The lowest BCUT2D eigenvalue weighted by molar-refractivity contribution is 0.0729. The zero-order valence-electron chi connectivity index (χ0n) is 18.3. The van der Waals surface area contributed by atoms with Gasteiger partial charge in [0.1, 0.15) is 12.2 Å². The minimum Gasteiger partial charge on any atom is -0.485 e. The summed E-state index contributed by atoms with van der Waals surface area (Å²) in [6.45, 7) is 2.34. The largest absolute Gasteiger partial charge is 0.485 e. The summed E-state index contributed by atoms with van der Waals surface area (Å²) >= 11 is 12.4. The van der Waals surface area contributed by atoms with E-state index in [2.05, 4.69) is 9.88 Å². The normalized spacial score (nSPS) is 13.3. The van der Waals surface area contributed by atoms with E-state index in [0.29, 0.717) is 33.7 Å². The van der Waals surface area contributed by atoms with Crippen molar-refractivity contribution in [1.82, 2.24) is 4.98 Å². The number of rotatable bonds is 6. The van der Waals surface area contributed by atoms with Gasteiger partial charge in [-0.2, -0.15) is 0 Å². The summed E-state index contributed by atoms with van der Waals surface area (Å²) in [7, 11) is 0. The molecule has 3 aromatic carbocycles. The Kier molecular flexibility index (Phi) is 6.57. The van der Waals surface area contributed by atoms with Crippen molar-refractivity contribution in [2.75, 3.05) is 18.0 Å². The standard InChI is InChI=1S/C27H22Cl2N2O3/c28-20-10-7-18(8-11-20)17-33-23-5-1-2-6-24(23)34-27(32)25-22(29)12-9-19-15-21(16-30-26(19)25)31-13-3-4-14-31/h1-2,5-12,15-16H,3-4,13-14,17H2. The Hall–Kier alpha value is -3.28. The molecular weight excluding hydrogens is 471 g/mol. The highest BCUT2D eigenvalue weighted by Gasteiger charge is 2.21. The molecule has 0 atom stereocenters. The second-order valence-electron chi connectivity index (χ2n) is 8.13. The molecular formula is C27H22Cl2N2O3. The predicted molar refractivity (Wildman–Crippen MR) is 135 cm³/mol. The van der Waals surface area contributed by atoms with Crippen LogP contribution in [0.3, 0.4) is 0 Å². The van der Waals surface area contributed by atoms with Gasteiger partial charge in [-0.3, -0.25) is 4.98 Å². The number of hydrogen-bond acceptors (Lipinski definition) is 5. The first kappa shape index (κ1) is 22.5. The van der Waals surface area contributed by atoms with Gasteiger partial charge in [-0.15, -0.1) is 0 Å². The summed E-state index contributed by atoms with van der Waals surface area (Å²) in [5.74, 6) is 0.175. The number of aromatic nitrogens is 1. The molecule has 0 aliphatic carbocycles. The Labute approximate surface area is 207 Å². The molecule has 7 heteroatoms. The molecule has 0 spiro atoms. The first-order valence-electron chi connectivity index (χ1n) is 11.1. The molecule has 1 saturated heterocycles. The number of carbonyl (C=O) groups is 1. The summed E-state index contributed by atoms with van der Waals surface area (Å²) in [5.41, 5.74) is 2.74. The molecule has 1 aliphatic heterocycles. The average Bonchev–Trinajstić information content (AvgIpc) is 3.39. The van der Waals surface area contributed by atoms with Crippen LogP contribution in [0.4, 0.5) is 5.69 Å². The van der Waals surface area contributed by atoms with Crippen molar-refractivity contribution in [1.29, 1.82) is 0 Å². The lowest BCUT2D eigenvalue weighted by Gasteiger charge is -2.18. The molecule has 4 aromatic rings. The molecule has 2 heterocycles. The Bertz CT molecular complexity index is 1340. The van der Waals surface area contributed by atoms with Crippen LogP contribution in [0.15, 0.2) is 72.9 Å². The summed E-state index contributed by atoms with van der Waals surface area (Å²) in [4.78, 5) is 20.1. The predicted octanol–water partition coefficient (Wildman–Crippen LogP) is 6.94. The quantitative estimate of drug-likeness (QED) is 0.215. The molecule has 0 unspecified atom stereocenters. The Morgan fingerprint density at radius 2 is 1.68 bits per heavy atom. The number of benzene rings is 3. The maximum Gasteiger partial charge on any atom is 0.347 e. The minimum absolute atomic E-state index is 0.236. The second-order valence-corrected chi connectivity index (χ2v) is 8.98. The maximum absolute atomic E-state index is 13.2. The third-order valence-electron chi connectivity index (χ3n) is 5.82. The van der Waals surface area contributed by atoms with Gasteiger partial charge in [-0.05, 0) is 54.8 Å². The van der Waals surface area contributed by atoms with Gasteiger partial charge in [-0.1, -0.05) is 53.5 Å². The van der Waals surface area contributed by atoms with Crippen LogP contribution in [0.2, 0.25) is 10.0 Å². The molecule has 0 N–H and O–H groups in total. The molecule has 1 aromatic heterocycles. The second kappa shape index (κ2) is 9.92. The Balaban J connectivity index is 1.39. The van der Waals surface area contributed by atoms with E-state index in [4.69, 9.17) is 32.7 Å². The van der Waals surface area contributed by atoms with Gasteiger partial charge in [0.05, 0.1) is 22.4 Å². The number of ether oxygens (including phenoxy) is 2. The highest BCUT2D eigenvalue weighted by Crippen LogP contribution is 2.32. The number of carbonyl (C=O) groups excluding carboxylic acids is 1. The fourth-order valence-corrected chi connectivity index (χ4v) is 4.41. The van der Waals surface area contributed by atoms with Gasteiger partial charge >= 0.3 is 5.97 Å². The number of fused-ring (bicyclic) bond motifs is 1. The van der Waals surface area contributed by atoms with E-state index in [1.165, 1.54) is 12.8 Å². The fourth-order valence-electron chi connectivity index (χ4n) is 4.05. The number of pyridine rings is 1. The SMILES string of the molecule is O=C(Oc1ccccc1OCc1ccc(Cl)cc1)c1c(Cl)ccc2cc(N3CCCC3)cnc12. The maximum atomic E-state index is 13.2. The number of hydrogen-bond donors (Lipinski definition) is 0. The van der Waals surface area contributed by atoms with E-state index in [-0.39, 0.29) is 5.56 Å². The number of nitrogens with zero attached hydrogens (tertiary/aromatic N) is 2. The third kappa shape index (κ3) is 4.81. The van der Waals surface area contributed by atoms with Crippen molar-refractivity contribution >= 4 is 45.8 Å². The highest BCUT2D eigenvalue weighted by molar-refractivity contribution is 6.35. The van der Waals surface area contributed by atoms with Crippen molar-refractivity contribution in [3.8, 4) is 11.5 Å². The molecule has 0 bridgehead atoms. The number of halogens is 2. The van der Waals surface area contributed by atoms with Gasteiger partial charge in [0.15, 0.2) is 11.5 Å². The summed E-state index contributed by atoms with van der Waals surface area (Å²) in [6.07, 6.45) is 4.15. The van der Waals surface area contributed by atoms with Crippen LogP contribution in [0.1, 0.15) is 28.8 Å². The molecule has 0 saturated carbocycles. The molecule has 1 aliphatic rings. The molecule has 34 heavy (non-hydrogen) atoms. The van der Waals surface area contributed by atoms with Crippen molar-refractivity contribution < 1.29 is 14.3 Å². The fraction of sp³-hybridized carbons (Fsp3) is 0.185. The Morgan fingerprint density at radius 1 is 0.941 bits per heavy atom. The van der Waals surface area contributed by atoms with Crippen LogP contribution in [-0.2, 0) is 6.61 Å². The van der Waals surface area contributed by atoms with Crippen LogP contribution in [0.5, 0.6) is 11.5 Å². The van der Waals surface area contributed by atoms with Crippen molar-refractivity contribution in [3.05, 3.63) is 94.1 Å². The van der Waals surface area contributed by atoms with Crippen LogP contribution in [0.25, 0.3) is 10.9 Å². The van der Waals surface area contributed by atoms with Crippen LogP contribution >= 0.6 is 23.2 Å². The van der Waals surface area contributed by atoms with Crippen LogP contribution in [-0.4, -0.2) is 24.0 Å². The highest BCUT2D eigenvalue weighted by atomic mass is 35.5. The van der Waals surface area contributed by atoms with Crippen molar-refractivity contribution in [3.63, 3.8) is 0 Å². The monoisotopic (exact) mass is 492 g/mol. The zero-order valence-corrected chi connectivity index (χ0v) is 19.9. The summed E-state index contributed by atoms with van der Waals surface area (Å²) in [5, 5.41) is 1.79. The van der Waals surface area contributed by atoms with Crippen LogP contribution < -0.4 is 14.4 Å². The van der Waals surface area contributed by atoms with Crippen molar-refractivity contribution in [2.24, 2.45) is 0 Å². The molecule has 1 fully saturated rings. The van der Waals surface area contributed by atoms with Crippen LogP contribution in [0, 0.1) is 0 Å². The minimum atomic E-state index is -0.584. The summed E-state index contributed by atoms with van der Waals surface area (Å²) < 4.78 is 11.7. The Morgan fingerprint density at radius 3 is 2.44 bits per heavy atom. The van der Waals surface area contributed by atoms with E-state index in [9.17, 15) is 4.79 Å². The third-order valence-corrected chi connectivity index (χ3v) is 6.39. The molecule has 172 valence electrons. The topological polar surface area (TPSA) is 51.7 Å². The number of para-hydroxylation sites is 2. The molecule has 5 nitrogen and oxygen atoms in total. The molecule has 0 radical (unpaired) electrons. The summed E-state index contributed by atoms with van der Waals surface area (Å²) in [6, 6.07) is 20.0. The molecule has 5 rings (SSSR count). The van der Waals surface area contributed by atoms with Crippen molar-refractivity contribution in [2.45, 2.75) is 19.4 Å². The lowest BCUT2D eigenvalue weighted by Crippen LogP contribution is -2.18. The number of anilines is 1. The first-order valence-corrected chi connectivity index (χ1v) is 11.9. The van der Waals surface area contributed by atoms with E-state index in [0.717, 1.165) is 29.7 Å². The van der Waals surface area contributed by atoms with Gasteiger partial charge < -0.3 is 14.4 Å². The van der Waals surface area contributed by atoms with Gasteiger partial charge in [0.2, 0.25) is 0 Å². The number of esters is 1. The first-order chi connectivity index (χ1) is 16.6. The zero-order chi connectivity index (χ0) is 23.5. The lowest BCUT2D eigenvalue weighted by atomic mass is 10.1.